The highest BCUT2D eigenvalue weighted by molar-refractivity contribution is 7.92. The van der Waals surface area contributed by atoms with Gasteiger partial charge in [-0.05, 0) is 54.6 Å². The van der Waals surface area contributed by atoms with Crippen LogP contribution >= 0.6 is 0 Å². The zero-order chi connectivity index (χ0) is 25.2. The number of rotatable bonds is 8. The summed E-state index contributed by atoms with van der Waals surface area (Å²) in [5.41, 5.74) is 0.444. The number of amides is 2. The van der Waals surface area contributed by atoms with Gasteiger partial charge in [0.05, 0.1) is 26.3 Å². The molecule has 2 amide bonds. The lowest BCUT2D eigenvalue weighted by atomic mass is 10.2. The van der Waals surface area contributed by atoms with Crippen LogP contribution in [0, 0.1) is 5.82 Å². The molecule has 0 saturated carbocycles. The van der Waals surface area contributed by atoms with Crippen LogP contribution in [0.5, 0.6) is 11.5 Å². The Hall–Kier alpha value is -4.12. The van der Waals surface area contributed by atoms with Crippen LogP contribution in [0.15, 0.2) is 71.6 Å². The van der Waals surface area contributed by atoms with Crippen molar-refractivity contribution in [3.63, 3.8) is 0 Å². The number of imide groups is 1. The molecule has 182 valence electrons. The first kappa shape index (κ1) is 24.0. The Morgan fingerprint density at radius 2 is 1.63 bits per heavy atom. The van der Waals surface area contributed by atoms with Crippen molar-refractivity contribution in [1.82, 2.24) is 0 Å². The molecule has 11 heteroatoms. The fraction of sp³-hybridized carbons (Fsp3) is 0.167. The van der Waals surface area contributed by atoms with Crippen molar-refractivity contribution in [1.29, 1.82) is 0 Å². The van der Waals surface area contributed by atoms with Gasteiger partial charge in [-0.25, -0.2) is 17.7 Å². The van der Waals surface area contributed by atoms with Crippen molar-refractivity contribution >= 4 is 38.9 Å². The Labute approximate surface area is 201 Å². The summed E-state index contributed by atoms with van der Waals surface area (Å²) in [7, 11) is -1.25. The maximum Gasteiger partial charge on any atom is 0.265 e. The van der Waals surface area contributed by atoms with E-state index in [1.165, 1.54) is 50.6 Å². The third-order valence-corrected chi connectivity index (χ3v) is 6.78. The molecule has 3 aromatic rings. The molecule has 2 N–H and O–H groups in total. The van der Waals surface area contributed by atoms with Gasteiger partial charge >= 0.3 is 0 Å². The molecule has 35 heavy (non-hydrogen) atoms. The molecular weight excluding hydrogens is 477 g/mol. The molecule has 1 heterocycles. The smallest absolute Gasteiger partial charge is 0.265 e. The molecule has 0 bridgehead atoms. The third kappa shape index (κ3) is 4.90. The fourth-order valence-corrected chi connectivity index (χ4v) is 4.93. The molecule has 4 rings (SSSR count). The van der Waals surface area contributed by atoms with E-state index in [2.05, 4.69) is 10.0 Å². The highest BCUT2D eigenvalue weighted by Crippen LogP contribution is 2.31. The number of carbonyl (C=O) groups is 2. The Balaban J connectivity index is 1.58. The number of nitrogens with zero attached hydrogens (tertiary/aromatic N) is 1. The van der Waals surface area contributed by atoms with Crippen LogP contribution in [0.1, 0.15) is 6.42 Å². The van der Waals surface area contributed by atoms with E-state index in [0.717, 1.165) is 11.0 Å². The summed E-state index contributed by atoms with van der Waals surface area (Å²) in [6.45, 7) is 0. The molecule has 3 aromatic carbocycles. The lowest BCUT2D eigenvalue weighted by Gasteiger charge is -2.18. The zero-order valence-electron chi connectivity index (χ0n) is 18.8. The second-order valence-corrected chi connectivity index (χ2v) is 9.27. The van der Waals surface area contributed by atoms with Crippen molar-refractivity contribution < 1.29 is 31.9 Å². The maximum absolute atomic E-state index is 14.2. The number of halogens is 1. The van der Waals surface area contributed by atoms with Gasteiger partial charge in [0.15, 0.2) is 0 Å². The van der Waals surface area contributed by atoms with Gasteiger partial charge < -0.3 is 14.8 Å². The maximum atomic E-state index is 14.2. The van der Waals surface area contributed by atoms with Crippen LogP contribution in [0.25, 0.3) is 0 Å². The molecule has 1 unspecified atom stereocenters. The largest absolute Gasteiger partial charge is 0.497 e. The molecule has 0 aliphatic carbocycles. The van der Waals surface area contributed by atoms with Crippen molar-refractivity contribution in [3.05, 3.63) is 72.5 Å². The number of para-hydroxylation sites is 1. The molecule has 9 nitrogen and oxygen atoms in total. The number of ether oxygens (including phenoxy) is 2. The first-order valence-electron chi connectivity index (χ1n) is 10.5. The summed E-state index contributed by atoms with van der Waals surface area (Å²) >= 11 is 0. The molecule has 1 atom stereocenters. The number of methoxy groups -OCH3 is 2. The Kier molecular flexibility index (Phi) is 6.61. The predicted molar refractivity (Wildman–Crippen MR) is 128 cm³/mol. The molecular formula is C24H22FN3O6S. The van der Waals surface area contributed by atoms with Crippen LogP contribution in [0.4, 0.5) is 21.5 Å². The predicted octanol–water partition coefficient (Wildman–Crippen LogP) is 3.39. The van der Waals surface area contributed by atoms with Crippen LogP contribution in [-0.4, -0.2) is 40.5 Å². The summed E-state index contributed by atoms with van der Waals surface area (Å²) in [6, 6.07) is 15.0. The van der Waals surface area contributed by atoms with E-state index in [9.17, 15) is 22.4 Å². The number of carbonyl (C=O) groups excluding carboxylic acids is 2. The fourth-order valence-electron chi connectivity index (χ4n) is 3.68. The first-order valence-corrected chi connectivity index (χ1v) is 11.9. The minimum absolute atomic E-state index is 0.0818. The number of nitrogens with one attached hydrogen (secondary N) is 2. The van der Waals surface area contributed by atoms with Crippen LogP contribution in [0.3, 0.4) is 0 Å². The van der Waals surface area contributed by atoms with Gasteiger partial charge in [-0.2, -0.15) is 0 Å². The highest BCUT2D eigenvalue weighted by atomic mass is 32.2. The van der Waals surface area contributed by atoms with Gasteiger partial charge in [0, 0.05) is 11.4 Å². The van der Waals surface area contributed by atoms with E-state index < -0.39 is 33.7 Å². The molecule has 0 radical (unpaired) electrons. The normalized spacial score (nSPS) is 15.7. The van der Waals surface area contributed by atoms with Gasteiger partial charge in [-0.3, -0.25) is 14.3 Å². The standard InChI is InChI=1S/C24H22FN3O6S/c1-33-17-10-7-15(8-11-17)27-35(31,32)22-13-16(9-12-21(22)34-2)26-19-14-23(29)28(24(19)30)20-6-4-3-5-18(20)25/h3-13,19,26-27H,14H2,1-2H3. The van der Waals surface area contributed by atoms with Gasteiger partial charge in [-0.1, -0.05) is 12.1 Å². The summed E-state index contributed by atoms with van der Waals surface area (Å²) < 4.78 is 53.1. The number of anilines is 3. The average molecular weight is 500 g/mol. The zero-order valence-corrected chi connectivity index (χ0v) is 19.6. The van der Waals surface area contributed by atoms with E-state index in [-0.39, 0.29) is 28.4 Å². The van der Waals surface area contributed by atoms with Gasteiger partial charge in [0.1, 0.15) is 28.3 Å². The second kappa shape index (κ2) is 9.63. The molecule has 1 aliphatic heterocycles. The highest BCUT2D eigenvalue weighted by Gasteiger charge is 2.40. The van der Waals surface area contributed by atoms with Crippen molar-refractivity contribution in [2.45, 2.75) is 17.4 Å². The lowest BCUT2D eigenvalue weighted by Crippen LogP contribution is -2.35. The molecule has 1 saturated heterocycles. The Morgan fingerprint density at radius 3 is 2.29 bits per heavy atom. The number of hydrogen-bond acceptors (Lipinski definition) is 7. The van der Waals surface area contributed by atoms with Crippen LogP contribution in [0.2, 0.25) is 0 Å². The van der Waals surface area contributed by atoms with E-state index in [1.807, 2.05) is 0 Å². The second-order valence-electron chi connectivity index (χ2n) is 7.62. The number of sulfonamides is 1. The van der Waals surface area contributed by atoms with Crippen LogP contribution in [-0.2, 0) is 19.6 Å². The molecule has 0 spiro atoms. The lowest BCUT2D eigenvalue weighted by molar-refractivity contribution is -0.121. The topological polar surface area (TPSA) is 114 Å². The van der Waals surface area contributed by atoms with Gasteiger partial charge in [-0.15, -0.1) is 0 Å². The van der Waals surface area contributed by atoms with Crippen molar-refractivity contribution in [3.8, 4) is 11.5 Å². The summed E-state index contributed by atoms with van der Waals surface area (Å²) in [5.74, 6) is -1.26. The van der Waals surface area contributed by atoms with Crippen LogP contribution < -0.4 is 24.4 Å². The monoisotopic (exact) mass is 499 g/mol. The number of hydrogen-bond donors (Lipinski definition) is 2. The summed E-state index contributed by atoms with van der Waals surface area (Å²) in [4.78, 5) is 26.0. The van der Waals surface area contributed by atoms with Gasteiger partial charge in [0.25, 0.3) is 15.9 Å². The Morgan fingerprint density at radius 1 is 0.943 bits per heavy atom. The number of benzene rings is 3. The molecule has 1 fully saturated rings. The van der Waals surface area contributed by atoms with Crippen molar-refractivity contribution in [2.75, 3.05) is 29.2 Å². The van der Waals surface area contributed by atoms with E-state index in [0.29, 0.717) is 11.4 Å². The minimum Gasteiger partial charge on any atom is -0.497 e. The first-order chi connectivity index (χ1) is 16.7. The van der Waals surface area contributed by atoms with E-state index in [1.54, 1.807) is 24.3 Å². The van der Waals surface area contributed by atoms with Gasteiger partial charge in [0.2, 0.25) is 5.91 Å². The molecule has 1 aliphatic rings. The quantitative estimate of drug-likeness (QED) is 0.457. The molecule has 0 aromatic heterocycles. The SMILES string of the molecule is COc1ccc(NS(=O)(=O)c2cc(NC3CC(=O)N(c4ccccc4F)C3=O)ccc2OC)cc1. The van der Waals surface area contributed by atoms with E-state index in [4.69, 9.17) is 9.47 Å². The van der Waals surface area contributed by atoms with Crippen molar-refractivity contribution in [2.24, 2.45) is 0 Å². The summed E-state index contributed by atoms with van der Waals surface area (Å²) in [6.07, 6.45) is -0.217. The Bertz CT molecular complexity index is 1380. The van der Waals surface area contributed by atoms with E-state index >= 15 is 0 Å². The average Bonchev–Trinajstić information content (AvgIpc) is 3.12. The minimum atomic E-state index is -4.08. The summed E-state index contributed by atoms with van der Waals surface area (Å²) in [5, 5.41) is 2.88. The third-order valence-electron chi connectivity index (χ3n) is 5.38.